The topological polar surface area (TPSA) is 120 Å². The first-order chi connectivity index (χ1) is 17.2. The number of amides is 1. The molecule has 0 unspecified atom stereocenters. The fraction of sp³-hybridized carbons (Fsp3) is 0.885. The Morgan fingerprint density at radius 1 is 1.22 bits per heavy atom. The van der Waals surface area contributed by atoms with Crippen molar-refractivity contribution in [2.24, 2.45) is 23.7 Å². The monoisotopic (exact) mass is 530 g/mol. The second kappa shape index (κ2) is 12.4. The number of halogens is 1. The molecular formula is C26H43FN2O6S. The highest BCUT2D eigenvalue weighted by atomic mass is 32.2. The lowest BCUT2D eigenvalue weighted by atomic mass is 9.85. The number of ether oxygens (including phenoxy) is 2. The molecule has 4 rings (SSSR count). The molecule has 4 aliphatic rings. The molecule has 4 heterocycles. The van der Waals surface area contributed by atoms with Gasteiger partial charge in [0.15, 0.2) is 0 Å². The lowest BCUT2D eigenvalue weighted by Crippen LogP contribution is -2.65. The molecule has 0 radical (unpaired) electrons. The van der Waals surface area contributed by atoms with Crippen molar-refractivity contribution >= 4 is 17.7 Å². The number of hydrogen-bond acceptors (Lipinski definition) is 8. The lowest BCUT2D eigenvalue weighted by Gasteiger charge is -2.45. The summed E-state index contributed by atoms with van der Waals surface area (Å²) in [4.78, 5) is 13.6. The van der Waals surface area contributed by atoms with E-state index in [4.69, 9.17) is 9.47 Å². The van der Waals surface area contributed by atoms with Gasteiger partial charge in [0.1, 0.15) is 42.6 Å². The zero-order chi connectivity index (χ0) is 26.0. The highest BCUT2D eigenvalue weighted by Crippen LogP contribution is 2.37. The molecule has 4 aliphatic heterocycles. The van der Waals surface area contributed by atoms with E-state index in [1.807, 2.05) is 19.1 Å². The molecule has 3 fully saturated rings. The van der Waals surface area contributed by atoms with Crippen molar-refractivity contribution in [3.8, 4) is 0 Å². The molecule has 3 saturated heterocycles. The summed E-state index contributed by atoms with van der Waals surface area (Å²) in [6, 6.07) is -1.17. The SMILES string of the molecule is CC(C)C[C@@H]1CCO[C@@H]2[C@H](CN[C@@H]2C(=O)N[C@H]2[C@H]3O[C@H](S[C@H](CF)C/C=C\[C@H]2C)[C@H](O)[C@@H](O)[C@H]3O)C1. The minimum atomic E-state index is -1.46. The molecule has 36 heavy (non-hydrogen) atoms. The van der Waals surface area contributed by atoms with Crippen LogP contribution < -0.4 is 10.6 Å². The molecule has 0 aromatic carbocycles. The van der Waals surface area contributed by atoms with Gasteiger partial charge in [-0.2, -0.15) is 0 Å². The summed E-state index contributed by atoms with van der Waals surface area (Å²) >= 11 is 1.11. The third kappa shape index (κ3) is 6.27. The van der Waals surface area contributed by atoms with Gasteiger partial charge < -0.3 is 35.4 Å². The molecule has 12 atom stereocenters. The van der Waals surface area contributed by atoms with Crippen LogP contribution in [-0.2, 0) is 14.3 Å². The molecule has 1 amide bonds. The lowest BCUT2D eigenvalue weighted by molar-refractivity contribution is -0.207. The van der Waals surface area contributed by atoms with Crippen LogP contribution in [0.25, 0.3) is 0 Å². The van der Waals surface area contributed by atoms with Crippen LogP contribution in [0.2, 0.25) is 0 Å². The Morgan fingerprint density at radius 3 is 2.72 bits per heavy atom. The zero-order valence-electron chi connectivity index (χ0n) is 21.5. The molecule has 0 aromatic heterocycles. The average molecular weight is 531 g/mol. The second-order valence-electron chi connectivity index (χ2n) is 11.4. The van der Waals surface area contributed by atoms with Gasteiger partial charge in [-0.3, -0.25) is 4.79 Å². The van der Waals surface area contributed by atoms with E-state index in [1.165, 1.54) is 0 Å². The summed E-state index contributed by atoms with van der Waals surface area (Å²) in [5.74, 6) is 0.992. The summed E-state index contributed by atoms with van der Waals surface area (Å²) in [5, 5.41) is 37.9. The van der Waals surface area contributed by atoms with Crippen molar-refractivity contribution in [3.63, 3.8) is 0 Å². The van der Waals surface area contributed by atoms with Crippen LogP contribution in [0.1, 0.15) is 46.5 Å². The standard InChI is InChI=1S/C26H43FN2O6S/c1-13(2)9-15-7-8-34-23-16(10-15)12-28-19(23)25(33)29-18-14(3)5-4-6-17(11-27)36-26-22(32)20(30)21(31)24(18)35-26/h4-5,13-24,26,28,30-32H,6-12H2,1-3H3,(H,29,33)/b5-4-/t14-,15+,16+,17+,18-,19+,20+,21-,22-,23-,24-,26-/m1/s1. The normalized spacial score (nSPS) is 46.6. The van der Waals surface area contributed by atoms with Gasteiger partial charge >= 0.3 is 0 Å². The minimum absolute atomic E-state index is 0.217. The highest BCUT2D eigenvalue weighted by Gasteiger charge is 2.50. The highest BCUT2D eigenvalue weighted by molar-refractivity contribution is 8.00. The summed E-state index contributed by atoms with van der Waals surface area (Å²) in [5.41, 5.74) is -0.913. The second-order valence-corrected chi connectivity index (χ2v) is 12.8. The van der Waals surface area contributed by atoms with Crippen LogP contribution >= 0.6 is 11.8 Å². The number of carbonyl (C=O) groups is 1. The van der Waals surface area contributed by atoms with Crippen molar-refractivity contribution in [2.75, 3.05) is 19.8 Å². The molecular weight excluding hydrogens is 487 g/mol. The van der Waals surface area contributed by atoms with Crippen molar-refractivity contribution in [1.29, 1.82) is 0 Å². The van der Waals surface area contributed by atoms with Crippen LogP contribution in [0.5, 0.6) is 0 Å². The Balaban J connectivity index is 1.50. The van der Waals surface area contributed by atoms with Crippen molar-refractivity contribution in [1.82, 2.24) is 10.6 Å². The van der Waals surface area contributed by atoms with Crippen LogP contribution in [0.3, 0.4) is 0 Å². The number of thioether (sulfide) groups is 1. The Kier molecular flexibility index (Phi) is 9.74. The van der Waals surface area contributed by atoms with Crippen LogP contribution in [-0.4, -0.2) is 94.3 Å². The van der Waals surface area contributed by atoms with Gasteiger partial charge in [-0.05, 0) is 49.4 Å². The fourth-order valence-electron chi connectivity index (χ4n) is 6.23. The smallest absolute Gasteiger partial charge is 0.240 e. The first-order valence-electron chi connectivity index (χ1n) is 13.4. The van der Waals surface area contributed by atoms with Crippen LogP contribution in [0, 0.1) is 23.7 Å². The van der Waals surface area contributed by atoms with Crippen molar-refractivity contribution in [2.45, 2.75) is 99.7 Å². The number of rotatable bonds is 5. The number of aliphatic hydroxyl groups is 3. The molecule has 0 aliphatic carbocycles. The average Bonchev–Trinajstić information content (AvgIpc) is 3.13. The molecule has 0 spiro atoms. The number of nitrogens with one attached hydrogen (secondary N) is 2. The van der Waals surface area contributed by atoms with Gasteiger partial charge in [0.05, 0.1) is 12.1 Å². The van der Waals surface area contributed by atoms with Gasteiger partial charge in [-0.1, -0.05) is 32.9 Å². The summed E-state index contributed by atoms with van der Waals surface area (Å²) < 4.78 is 25.8. The molecule has 2 bridgehead atoms. The maximum Gasteiger partial charge on any atom is 0.240 e. The molecule has 10 heteroatoms. The summed E-state index contributed by atoms with van der Waals surface area (Å²) in [6.07, 6.45) is 1.98. The van der Waals surface area contributed by atoms with E-state index in [0.29, 0.717) is 31.4 Å². The Morgan fingerprint density at radius 2 is 2.00 bits per heavy atom. The number of allylic oxidation sites excluding steroid dienone is 1. The van der Waals surface area contributed by atoms with E-state index in [-0.39, 0.29) is 23.8 Å². The molecule has 5 N–H and O–H groups in total. The van der Waals surface area contributed by atoms with Crippen LogP contribution in [0.4, 0.5) is 4.39 Å². The minimum Gasteiger partial charge on any atom is -0.388 e. The van der Waals surface area contributed by atoms with E-state index in [2.05, 4.69) is 24.5 Å². The van der Waals surface area contributed by atoms with E-state index >= 15 is 0 Å². The van der Waals surface area contributed by atoms with Crippen LogP contribution in [0.15, 0.2) is 12.2 Å². The molecule has 0 saturated carbocycles. The third-order valence-corrected chi connectivity index (χ3v) is 9.49. The quantitative estimate of drug-likeness (QED) is 0.338. The number of aliphatic hydroxyl groups excluding tert-OH is 3. The maximum absolute atomic E-state index is 13.6. The van der Waals surface area contributed by atoms with E-state index in [1.54, 1.807) is 0 Å². The first kappa shape index (κ1) is 28.3. The maximum atomic E-state index is 13.6. The first-order valence-corrected chi connectivity index (χ1v) is 14.4. The predicted octanol–water partition coefficient (Wildman–Crippen LogP) is 1.38. The van der Waals surface area contributed by atoms with Crippen molar-refractivity contribution < 1.29 is 34.0 Å². The van der Waals surface area contributed by atoms with Gasteiger partial charge in [-0.15, -0.1) is 11.8 Å². The molecule has 8 nitrogen and oxygen atoms in total. The largest absolute Gasteiger partial charge is 0.388 e. The number of hydrogen-bond donors (Lipinski definition) is 5. The number of carbonyl (C=O) groups excluding carboxylic acids is 1. The fourth-order valence-corrected chi connectivity index (χ4v) is 7.42. The zero-order valence-corrected chi connectivity index (χ0v) is 22.3. The van der Waals surface area contributed by atoms with Gasteiger partial charge in [0.2, 0.25) is 5.91 Å². The molecule has 206 valence electrons. The Bertz CT molecular complexity index is 775. The van der Waals surface area contributed by atoms with E-state index < -0.39 is 53.9 Å². The number of fused-ring (bicyclic) bond motifs is 3. The van der Waals surface area contributed by atoms with Gasteiger partial charge in [0.25, 0.3) is 0 Å². The van der Waals surface area contributed by atoms with E-state index in [9.17, 15) is 24.5 Å². The van der Waals surface area contributed by atoms with Gasteiger partial charge in [0, 0.05) is 18.4 Å². The van der Waals surface area contributed by atoms with Gasteiger partial charge in [-0.25, -0.2) is 4.39 Å². The summed E-state index contributed by atoms with van der Waals surface area (Å²) in [7, 11) is 0. The summed E-state index contributed by atoms with van der Waals surface area (Å²) in [6.45, 7) is 7.11. The predicted molar refractivity (Wildman–Crippen MR) is 136 cm³/mol. The number of alkyl halides is 1. The molecule has 0 aromatic rings. The van der Waals surface area contributed by atoms with Crippen molar-refractivity contribution in [3.05, 3.63) is 12.2 Å². The van der Waals surface area contributed by atoms with E-state index in [0.717, 1.165) is 31.0 Å². The Labute approximate surface area is 217 Å². The third-order valence-electron chi connectivity index (χ3n) is 8.13. The Hall–Kier alpha value is -0.750.